The van der Waals surface area contributed by atoms with Crippen molar-refractivity contribution in [1.82, 2.24) is 14.9 Å². The fourth-order valence-electron chi connectivity index (χ4n) is 3.33. The van der Waals surface area contributed by atoms with Crippen LogP contribution in [0.4, 0.5) is 10.1 Å². The van der Waals surface area contributed by atoms with Crippen molar-refractivity contribution in [3.05, 3.63) is 59.9 Å². The molecule has 184 valence electrons. The molecule has 13 heteroatoms. The van der Waals surface area contributed by atoms with Crippen LogP contribution in [0.25, 0.3) is 0 Å². The Labute approximate surface area is 200 Å². The number of aliphatic carboxylic acids is 1. The number of amides is 2. The standard InChI is InChI=1S/C22H22FN5O6S/c23-16-3-7-18(8-4-16)35(33,34)26-19(22(31)32)12-25-20(29)13-28-10-9-27(14-21(28)30)17-5-1-15(11-24)2-6-17/h1-8,19,26H,9-10,12-14H2,(H,25,29)(H,31,32)/p-1. The minimum Gasteiger partial charge on any atom is -0.548 e. The topological polar surface area (TPSA) is 163 Å². The first kappa shape index (κ1) is 25.6. The third-order valence-electron chi connectivity index (χ3n) is 5.22. The van der Waals surface area contributed by atoms with Crippen molar-refractivity contribution in [2.75, 3.05) is 37.6 Å². The molecule has 1 aliphatic heterocycles. The van der Waals surface area contributed by atoms with Crippen LogP contribution >= 0.6 is 0 Å². The highest BCUT2D eigenvalue weighted by Crippen LogP contribution is 2.17. The van der Waals surface area contributed by atoms with Crippen LogP contribution in [0.3, 0.4) is 0 Å². The number of benzene rings is 2. The van der Waals surface area contributed by atoms with Gasteiger partial charge in [0.2, 0.25) is 21.8 Å². The Morgan fingerprint density at radius 3 is 2.34 bits per heavy atom. The van der Waals surface area contributed by atoms with Crippen molar-refractivity contribution in [1.29, 1.82) is 5.26 Å². The van der Waals surface area contributed by atoms with E-state index in [4.69, 9.17) is 5.26 Å². The zero-order chi connectivity index (χ0) is 25.6. The van der Waals surface area contributed by atoms with E-state index in [0.29, 0.717) is 12.1 Å². The molecule has 2 aromatic rings. The average Bonchev–Trinajstić information content (AvgIpc) is 2.83. The number of nitrogens with one attached hydrogen (secondary N) is 2. The lowest BCUT2D eigenvalue weighted by molar-refractivity contribution is -0.307. The summed E-state index contributed by atoms with van der Waals surface area (Å²) < 4.78 is 39.6. The molecule has 1 saturated heterocycles. The van der Waals surface area contributed by atoms with Crippen LogP contribution in [-0.2, 0) is 24.4 Å². The van der Waals surface area contributed by atoms with Crippen LogP contribution < -0.4 is 20.0 Å². The molecule has 2 aromatic carbocycles. The van der Waals surface area contributed by atoms with Gasteiger partial charge in [-0.2, -0.15) is 5.26 Å². The van der Waals surface area contributed by atoms with Crippen LogP contribution in [-0.4, -0.2) is 69.9 Å². The molecule has 1 aliphatic rings. The first-order valence-electron chi connectivity index (χ1n) is 10.4. The summed E-state index contributed by atoms with van der Waals surface area (Å²) in [6.07, 6.45) is 0. The van der Waals surface area contributed by atoms with Gasteiger partial charge >= 0.3 is 0 Å². The maximum Gasteiger partial charge on any atom is 0.242 e. The van der Waals surface area contributed by atoms with Gasteiger partial charge in [0.25, 0.3) is 0 Å². The van der Waals surface area contributed by atoms with Crippen LogP contribution in [0, 0.1) is 17.1 Å². The highest BCUT2D eigenvalue weighted by atomic mass is 32.2. The van der Waals surface area contributed by atoms with E-state index in [1.165, 1.54) is 4.90 Å². The number of nitriles is 1. The lowest BCUT2D eigenvalue weighted by atomic mass is 10.2. The van der Waals surface area contributed by atoms with Crippen molar-refractivity contribution in [3.63, 3.8) is 0 Å². The summed E-state index contributed by atoms with van der Waals surface area (Å²) in [4.78, 5) is 38.9. The molecule has 3 rings (SSSR count). The predicted molar refractivity (Wildman–Crippen MR) is 118 cm³/mol. The average molecular weight is 503 g/mol. The summed E-state index contributed by atoms with van der Waals surface area (Å²) >= 11 is 0. The monoisotopic (exact) mass is 502 g/mol. The van der Waals surface area contributed by atoms with Crippen molar-refractivity contribution >= 4 is 33.5 Å². The van der Waals surface area contributed by atoms with Crippen LogP contribution in [0.5, 0.6) is 0 Å². The zero-order valence-corrected chi connectivity index (χ0v) is 19.1. The second-order valence-corrected chi connectivity index (χ2v) is 9.36. The van der Waals surface area contributed by atoms with Gasteiger partial charge in [-0.15, -0.1) is 0 Å². The van der Waals surface area contributed by atoms with Gasteiger partial charge in [0.05, 0.1) is 41.6 Å². The van der Waals surface area contributed by atoms with Gasteiger partial charge in [-0.3, -0.25) is 9.59 Å². The van der Waals surface area contributed by atoms with Gasteiger partial charge in [0.1, 0.15) is 5.82 Å². The van der Waals surface area contributed by atoms with Gasteiger partial charge in [-0.25, -0.2) is 17.5 Å². The predicted octanol–water partition coefficient (Wildman–Crippen LogP) is -1.44. The molecule has 0 radical (unpaired) electrons. The van der Waals surface area contributed by atoms with Crippen molar-refractivity contribution in [2.24, 2.45) is 0 Å². The molecule has 1 atom stereocenters. The van der Waals surface area contributed by atoms with Crippen molar-refractivity contribution in [2.45, 2.75) is 10.9 Å². The number of carboxylic acids is 1. The fraction of sp³-hybridized carbons (Fsp3) is 0.273. The molecule has 35 heavy (non-hydrogen) atoms. The van der Waals surface area contributed by atoms with E-state index in [9.17, 15) is 32.3 Å². The number of carbonyl (C=O) groups excluding carboxylic acids is 3. The zero-order valence-electron chi connectivity index (χ0n) is 18.3. The molecule has 0 spiro atoms. The first-order chi connectivity index (χ1) is 16.6. The number of carbonyl (C=O) groups is 3. The maximum atomic E-state index is 13.0. The van der Waals surface area contributed by atoms with Gasteiger partial charge in [0, 0.05) is 25.3 Å². The largest absolute Gasteiger partial charge is 0.548 e. The number of piperazine rings is 1. The Morgan fingerprint density at radius 2 is 1.77 bits per heavy atom. The summed E-state index contributed by atoms with van der Waals surface area (Å²) in [6, 6.07) is 10.7. The van der Waals surface area contributed by atoms with Crippen LogP contribution in [0.15, 0.2) is 53.4 Å². The quantitative estimate of drug-likeness (QED) is 0.421. The van der Waals surface area contributed by atoms with Gasteiger partial charge in [0.15, 0.2) is 0 Å². The molecular weight excluding hydrogens is 481 g/mol. The van der Waals surface area contributed by atoms with Gasteiger partial charge in [-0.05, 0) is 48.5 Å². The van der Waals surface area contributed by atoms with E-state index in [1.807, 2.05) is 10.8 Å². The van der Waals surface area contributed by atoms with Gasteiger partial charge in [-0.1, -0.05) is 0 Å². The van der Waals surface area contributed by atoms with E-state index < -0.39 is 40.3 Å². The third-order valence-corrected chi connectivity index (χ3v) is 6.71. The number of anilines is 1. The van der Waals surface area contributed by atoms with E-state index in [1.54, 1.807) is 29.2 Å². The second-order valence-electron chi connectivity index (χ2n) is 7.65. The molecule has 0 bridgehead atoms. The normalized spacial score (nSPS) is 14.8. The highest BCUT2D eigenvalue weighted by Gasteiger charge is 2.27. The fourth-order valence-corrected chi connectivity index (χ4v) is 4.51. The number of hydrogen-bond donors (Lipinski definition) is 2. The Kier molecular flexibility index (Phi) is 8.00. The number of carboxylic acid groups (broad SMARTS) is 1. The molecule has 1 fully saturated rings. The molecule has 11 nitrogen and oxygen atoms in total. The Morgan fingerprint density at radius 1 is 1.11 bits per heavy atom. The molecular formula is C22H21FN5O6S-. The van der Waals surface area contributed by atoms with Crippen molar-refractivity contribution < 1.29 is 32.3 Å². The molecule has 2 N–H and O–H groups in total. The summed E-state index contributed by atoms with van der Waals surface area (Å²) in [7, 11) is -4.32. The molecule has 1 heterocycles. The van der Waals surface area contributed by atoms with E-state index in [-0.39, 0.29) is 30.4 Å². The molecule has 1 unspecified atom stereocenters. The maximum absolute atomic E-state index is 13.0. The molecule has 0 saturated carbocycles. The molecule has 0 aliphatic carbocycles. The third kappa shape index (κ3) is 6.75. The van der Waals surface area contributed by atoms with Crippen LogP contribution in [0.1, 0.15) is 5.56 Å². The summed E-state index contributed by atoms with van der Waals surface area (Å²) in [5, 5.41) is 22.6. The van der Waals surface area contributed by atoms with Gasteiger partial charge < -0.3 is 25.0 Å². The minimum absolute atomic E-state index is 0.0122. The summed E-state index contributed by atoms with van der Waals surface area (Å²) in [6.45, 7) is -0.290. The van der Waals surface area contributed by atoms with E-state index in [0.717, 1.165) is 30.0 Å². The smallest absolute Gasteiger partial charge is 0.242 e. The van der Waals surface area contributed by atoms with Crippen molar-refractivity contribution in [3.8, 4) is 6.07 Å². The van der Waals surface area contributed by atoms with E-state index >= 15 is 0 Å². The number of nitrogens with zero attached hydrogens (tertiary/aromatic N) is 3. The molecule has 2 amide bonds. The Balaban J connectivity index is 1.52. The summed E-state index contributed by atoms with van der Waals surface area (Å²) in [5.41, 5.74) is 1.25. The first-order valence-corrected chi connectivity index (χ1v) is 11.9. The Bertz CT molecular complexity index is 1240. The Hall–Kier alpha value is -4.02. The number of hydrogen-bond acceptors (Lipinski definition) is 8. The van der Waals surface area contributed by atoms with E-state index in [2.05, 4.69) is 5.32 Å². The SMILES string of the molecule is N#Cc1ccc(N2CCN(CC(=O)NCC(NS(=O)(=O)c3ccc(F)cc3)C(=O)[O-])C(=O)C2)cc1. The van der Waals surface area contributed by atoms with Crippen LogP contribution in [0.2, 0.25) is 0 Å². The summed E-state index contributed by atoms with van der Waals surface area (Å²) in [5.74, 6) is -3.45. The second kappa shape index (κ2) is 10.9. The molecule has 0 aromatic heterocycles. The number of rotatable bonds is 9. The number of sulfonamides is 1. The minimum atomic E-state index is -4.32. The lowest BCUT2D eigenvalue weighted by Gasteiger charge is -2.35. The lowest BCUT2D eigenvalue weighted by Crippen LogP contribution is -2.56. The highest BCUT2D eigenvalue weighted by molar-refractivity contribution is 7.89. The number of halogens is 1.